The highest BCUT2D eigenvalue weighted by Gasteiger charge is 2.20. The Hall–Kier alpha value is -1.82. The zero-order chi connectivity index (χ0) is 13.2. The van der Waals surface area contributed by atoms with Gasteiger partial charge in [-0.2, -0.15) is 9.97 Å². The van der Waals surface area contributed by atoms with Crippen LogP contribution < -0.4 is 0 Å². The molecule has 0 aromatic carbocycles. The lowest BCUT2D eigenvalue weighted by atomic mass is 10.2. The summed E-state index contributed by atoms with van der Waals surface area (Å²) in [6, 6.07) is 0. The van der Waals surface area contributed by atoms with Gasteiger partial charge in [0.05, 0.1) is 6.33 Å². The van der Waals surface area contributed by atoms with Crippen LogP contribution in [0, 0.1) is 0 Å². The molecule has 2 aromatic rings. The van der Waals surface area contributed by atoms with Crippen LogP contribution in [0.4, 0.5) is 5.95 Å². The monoisotopic (exact) mass is 279 g/mol. The van der Waals surface area contributed by atoms with E-state index in [2.05, 4.69) is 19.9 Å². The van der Waals surface area contributed by atoms with E-state index >= 15 is 0 Å². The molecular formula is C11H10ClN5O2. The number of hydrogen-bond acceptors (Lipinski definition) is 6. The van der Waals surface area contributed by atoms with Crippen LogP contribution in [0.15, 0.2) is 11.3 Å². The van der Waals surface area contributed by atoms with Crippen LogP contribution in [0.3, 0.4) is 0 Å². The second kappa shape index (κ2) is 5.05. The number of halogens is 1. The fourth-order valence-electron chi connectivity index (χ4n) is 2.12. The molecule has 3 rings (SSSR count). The zero-order valence-electron chi connectivity index (χ0n) is 9.91. The maximum absolute atomic E-state index is 10.3. The molecule has 0 bridgehead atoms. The van der Waals surface area contributed by atoms with E-state index in [1.54, 1.807) is 10.9 Å². The summed E-state index contributed by atoms with van der Waals surface area (Å²) >= 11 is 5.99. The molecule has 8 heteroatoms. The number of carbonyl (C=O) groups excluding carboxylic acids is 1. The molecule has 0 amide bonds. The number of rotatable bonds is 2. The topological polar surface area (TPSA) is 82.3 Å². The van der Waals surface area contributed by atoms with Crippen molar-refractivity contribution in [1.82, 2.24) is 19.5 Å². The molecule has 7 nitrogen and oxygen atoms in total. The van der Waals surface area contributed by atoms with Crippen molar-refractivity contribution in [3.63, 3.8) is 0 Å². The van der Waals surface area contributed by atoms with E-state index < -0.39 is 0 Å². The Bertz CT molecular complexity index is 658. The predicted molar refractivity (Wildman–Crippen MR) is 67.0 cm³/mol. The Balaban J connectivity index is 2.12. The Kier molecular flexibility index (Phi) is 3.25. The van der Waals surface area contributed by atoms with Gasteiger partial charge < -0.3 is 4.74 Å². The van der Waals surface area contributed by atoms with E-state index in [1.165, 1.54) is 6.08 Å². The molecule has 19 heavy (non-hydrogen) atoms. The molecule has 1 fully saturated rings. The Morgan fingerprint density at radius 2 is 2.37 bits per heavy atom. The minimum absolute atomic E-state index is 0.0231. The van der Waals surface area contributed by atoms with Gasteiger partial charge >= 0.3 is 0 Å². The first-order valence-electron chi connectivity index (χ1n) is 5.89. The highest BCUT2D eigenvalue weighted by molar-refractivity contribution is 6.33. The minimum atomic E-state index is -0.113. The van der Waals surface area contributed by atoms with Gasteiger partial charge in [-0.25, -0.2) is 9.78 Å². The molecule has 98 valence electrons. The van der Waals surface area contributed by atoms with E-state index in [0.717, 1.165) is 19.3 Å². The van der Waals surface area contributed by atoms with Gasteiger partial charge in [0.25, 0.3) is 5.95 Å². The van der Waals surface area contributed by atoms with Crippen molar-refractivity contribution in [3.8, 4) is 0 Å². The van der Waals surface area contributed by atoms with Crippen LogP contribution in [-0.2, 0) is 9.53 Å². The van der Waals surface area contributed by atoms with Crippen LogP contribution in [0.2, 0.25) is 5.15 Å². The van der Waals surface area contributed by atoms with Crippen molar-refractivity contribution in [1.29, 1.82) is 0 Å². The zero-order valence-corrected chi connectivity index (χ0v) is 10.7. The van der Waals surface area contributed by atoms with Gasteiger partial charge in [-0.1, -0.05) is 11.6 Å². The summed E-state index contributed by atoms with van der Waals surface area (Å²) in [5.41, 5.74) is 0.988. The number of isocyanates is 1. The van der Waals surface area contributed by atoms with E-state index in [9.17, 15) is 4.79 Å². The first-order chi connectivity index (χ1) is 9.29. The van der Waals surface area contributed by atoms with E-state index in [4.69, 9.17) is 16.3 Å². The average molecular weight is 280 g/mol. The molecule has 0 radical (unpaired) electrons. The molecule has 0 spiro atoms. The fraction of sp³-hybridized carbons (Fsp3) is 0.455. The van der Waals surface area contributed by atoms with Crippen molar-refractivity contribution in [2.45, 2.75) is 25.5 Å². The number of aliphatic imine (C=N–C) groups is 1. The molecule has 1 unspecified atom stereocenters. The number of ether oxygens (including phenoxy) is 1. The summed E-state index contributed by atoms with van der Waals surface area (Å²) in [4.78, 5) is 25.9. The molecule has 0 saturated carbocycles. The van der Waals surface area contributed by atoms with Crippen molar-refractivity contribution in [2.75, 3.05) is 6.61 Å². The summed E-state index contributed by atoms with van der Waals surface area (Å²) < 4.78 is 7.48. The maximum Gasteiger partial charge on any atom is 0.264 e. The van der Waals surface area contributed by atoms with Gasteiger partial charge in [-0.3, -0.25) is 4.57 Å². The summed E-state index contributed by atoms with van der Waals surface area (Å²) in [6.45, 7) is 0.711. The summed E-state index contributed by atoms with van der Waals surface area (Å²) in [5, 5.41) is 0.161. The normalized spacial score (nSPS) is 19.3. The summed E-state index contributed by atoms with van der Waals surface area (Å²) in [5.74, 6) is -0.0231. The quantitative estimate of drug-likeness (QED) is 0.478. The van der Waals surface area contributed by atoms with E-state index in [-0.39, 0.29) is 17.3 Å². The molecule has 0 N–H and O–H groups in total. The highest BCUT2D eigenvalue weighted by atomic mass is 35.5. The first-order valence-corrected chi connectivity index (χ1v) is 6.27. The van der Waals surface area contributed by atoms with Crippen LogP contribution in [0.1, 0.15) is 25.5 Å². The number of hydrogen-bond donors (Lipinski definition) is 0. The lowest BCUT2D eigenvalue weighted by Crippen LogP contribution is -2.17. The summed E-state index contributed by atoms with van der Waals surface area (Å²) in [7, 11) is 0. The molecule has 0 aliphatic carbocycles. The SMILES string of the molecule is O=C=Nc1nc(Cl)c2ncn(C3CCCCO3)c2n1. The molecule has 1 aliphatic rings. The fourth-order valence-corrected chi connectivity index (χ4v) is 2.32. The number of imidazole rings is 1. The van der Waals surface area contributed by atoms with Crippen LogP contribution in [0.25, 0.3) is 11.2 Å². The third-order valence-corrected chi connectivity index (χ3v) is 3.24. The second-order valence-corrected chi connectivity index (χ2v) is 4.52. The van der Waals surface area contributed by atoms with Gasteiger partial charge in [-0.05, 0) is 19.3 Å². The predicted octanol–water partition coefficient (Wildman–Crippen LogP) is 2.15. The molecular weight excluding hydrogens is 270 g/mol. The van der Waals surface area contributed by atoms with Crippen LogP contribution in [-0.4, -0.2) is 32.2 Å². The third kappa shape index (κ3) is 2.23. The maximum atomic E-state index is 10.3. The third-order valence-electron chi connectivity index (χ3n) is 2.98. The minimum Gasteiger partial charge on any atom is -0.358 e. The van der Waals surface area contributed by atoms with Crippen LogP contribution in [0.5, 0.6) is 0 Å². The van der Waals surface area contributed by atoms with Crippen molar-refractivity contribution in [2.24, 2.45) is 4.99 Å². The molecule has 1 saturated heterocycles. The van der Waals surface area contributed by atoms with Crippen molar-refractivity contribution < 1.29 is 9.53 Å². The van der Waals surface area contributed by atoms with Crippen molar-refractivity contribution in [3.05, 3.63) is 11.5 Å². The number of fused-ring (bicyclic) bond motifs is 1. The Labute approximate surface area is 113 Å². The number of nitrogens with zero attached hydrogens (tertiary/aromatic N) is 5. The van der Waals surface area contributed by atoms with Crippen molar-refractivity contribution >= 4 is 34.8 Å². The van der Waals surface area contributed by atoms with Crippen LogP contribution >= 0.6 is 11.6 Å². The molecule has 2 aromatic heterocycles. The Morgan fingerprint density at radius 3 is 3.11 bits per heavy atom. The van der Waals surface area contributed by atoms with Gasteiger partial charge in [0.2, 0.25) is 6.08 Å². The van der Waals surface area contributed by atoms with E-state index in [1.807, 2.05) is 0 Å². The first kappa shape index (κ1) is 12.2. The largest absolute Gasteiger partial charge is 0.358 e. The molecule has 1 atom stereocenters. The highest BCUT2D eigenvalue weighted by Crippen LogP contribution is 2.28. The van der Waals surface area contributed by atoms with E-state index in [0.29, 0.717) is 17.8 Å². The smallest absolute Gasteiger partial charge is 0.264 e. The second-order valence-electron chi connectivity index (χ2n) is 4.16. The standard InChI is InChI=1S/C11H10ClN5O2/c12-9-8-10(16-11(15-9)14-6-18)17(5-13-8)7-3-1-2-4-19-7/h5,7H,1-4H2. The average Bonchev–Trinajstić information content (AvgIpc) is 2.84. The molecule has 3 heterocycles. The van der Waals surface area contributed by atoms with Gasteiger partial charge in [0, 0.05) is 6.61 Å². The number of aromatic nitrogens is 4. The lowest BCUT2D eigenvalue weighted by Gasteiger charge is -2.23. The Morgan fingerprint density at radius 1 is 1.47 bits per heavy atom. The van der Waals surface area contributed by atoms with Gasteiger partial charge in [0.15, 0.2) is 10.8 Å². The molecule has 1 aliphatic heterocycles. The lowest BCUT2D eigenvalue weighted by molar-refractivity contribution is -0.0298. The van der Waals surface area contributed by atoms with Gasteiger partial charge in [-0.15, -0.1) is 4.99 Å². The summed E-state index contributed by atoms with van der Waals surface area (Å²) in [6.07, 6.45) is 5.93. The van der Waals surface area contributed by atoms with Gasteiger partial charge in [0.1, 0.15) is 11.7 Å².